The average molecular weight is 450 g/mol. The van der Waals surface area contributed by atoms with Crippen molar-refractivity contribution in [3.63, 3.8) is 0 Å². The molecular weight excluding hydrogens is 430 g/mol. The largest absolute Gasteiger partial charge is 0.507 e. The summed E-state index contributed by atoms with van der Waals surface area (Å²) < 4.78 is 7.20. The molecule has 0 aliphatic heterocycles. The number of rotatable bonds is 7. The molecule has 0 aromatic heterocycles. The normalized spacial score (nSPS) is 10.0. The third kappa shape index (κ3) is 6.50. The molecule has 3 N–H and O–H groups in total. The van der Waals surface area contributed by atoms with Gasteiger partial charge in [-0.15, -0.1) is 0 Å². The fourth-order valence-corrected chi connectivity index (χ4v) is 2.98. The Morgan fingerprint density at radius 2 is 1.76 bits per heavy atom. The zero-order chi connectivity index (χ0) is 19.9. The quantitative estimate of drug-likeness (QED) is 0.253. The number of halogens is 1. The summed E-state index contributed by atoms with van der Waals surface area (Å²) in [6.45, 7) is 0. The first-order valence-corrected chi connectivity index (χ1v) is 9.39. The Bertz CT molecular complexity index is 958. The number of carbonyl (C=O) groups excluding carboxylic acids is 1. The van der Waals surface area contributed by atoms with Crippen LogP contribution in [-0.2, 0) is 4.28 Å². The highest BCUT2D eigenvalue weighted by Gasteiger charge is 2.11. The van der Waals surface area contributed by atoms with Crippen molar-refractivity contribution in [1.29, 1.82) is 0 Å². The van der Waals surface area contributed by atoms with Crippen molar-refractivity contribution >= 4 is 60.3 Å². The van der Waals surface area contributed by atoms with E-state index in [1.54, 1.807) is 42.5 Å². The zero-order valence-electron chi connectivity index (χ0n) is 15.4. The van der Waals surface area contributed by atoms with Gasteiger partial charge in [-0.05, 0) is 54.6 Å². The minimum absolute atomic E-state index is 0. The molecule has 0 fully saturated rings. The fourth-order valence-electron chi connectivity index (χ4n) is 2.34. The van der Waals surface area contributed by atoms with Crippen LogP contribution in [0.5, 0.6) is 5.75 Å². The zero-order valence-corrected chi connectivity index (χ0v) is 18.0. The molecule has 0 radical (unpaired) electrons. The van der Waals surface area contributed by atoms with E-state index in [0.29, 0.717) is 10.7 Å². The molecule has 0 aliphatic rings. The summed E-state index contributed by atoms with van der Waals surface area (Å²) in [5.74, 6) is -0.431. The van der Waals surface area contributed by atoms with E-state index in [2.05, 4.69) is 10.8 Å². The number of phenolic OH excluding ortho intramolecular Hbond substituents is 1. The predicted octanol–water partition coefficient (Wildman–Crippen LogP) is 5.45. The van der Waals surface area contributed by atoms with Crippen molar-refractivity contribution in [3.05, 3.63) is 83.4 Å². The number of nitrogens with one attached hydrogen (secondary N) is 2. The van der Waals surface area contributed by atoms with Crippen molar-refractivity contribution < 1.29 is 14.2 Å². The topological polar surface area (TPSA) is 73.8 Å². The summed E-state index contributed by atoms with van der Waals surface area (Å²) in [4.78, 5) is 12.2. The molecule has 0 unspecified atom stereocenters. The molecular formula is C20H20ClN3O3S2. The van der Waals surface area contributed by atoms with Crippen molar-refractivity contribution in [2.75, 3.05) is 22.1 Å². The third-order valence-corrected chi connectivity index (χ3v) is 4.60. The van der Waals surface area contributed by atoms with Gasteiger partial charge in [0, 0.05) is 23.4 Å². The van der Waals surface area contributed by atoms with Crippen LogP contribution in [0.1, 0.15) is 10.4 Å². The van der Waals surface area contributed by atoms with Crippen LogP contribution in [0.25, 0.3) is 0 Å². The van der Waals surface area contributed by atoms with Crippen LogP contribution in [0.3, 0.4) is 0 Å². The monoisotopic (exact) mass is 449 g/mol. The van der Waals surface area contributed by atoms with Crippen molar-refractivity contribution in [2.24, 2.45) is 0 Å². The molecule has 0 atom stereocenters. The van der Waals surface area contributed by atoms with E-state index in [1.807, 2.05) is 35.6 Å². The molecule has 0 saturated heterocycles. The van der Waals surface area contributed by atoms with Gasteiger partial charge in [0.2, 0.25) is 0 Å². The lowest BCUT2D eigenvalue weighted by Crippen LogP contribution is -2.12. The summed E-state index contributed by atoms with van der Waals surface area (Å²) >= 11 is 7.03. The summed E-state index contributed by atoms with van der Waals surface area (Å²) in [7, 11) is 1.85. The molecule has 3 aromatic carbocycles. The average Bonchev–Trinajstić information content (AvgIpc) is 2.69. The highest BCUT2D eigenvalue weighted by Crippen LogP contribution is 2.25. The first-order valence-electron chi connectivity index (χ1n) is 8.31. The second-order valence-electron chi connectivity index (χ2n) is 5.79. The van der Waals surface area contributed by atoms with Crippen molar-refractivity contribution in [2.45, 2.75) is 0 Å². The number of carbonyl (C=O) groups is 1. The Hall–Kier alpha value is -2.52. The Labute approximate surface area is 185 Å². The molecule has 0 aliphatic carbocycles. The Balaban J connectivity index is 0.00000300. The minimum atomic E-state index is -0.373. The van der Waals surface area contributed by atoms with Crippen LogP contribution < -0.4 is 15.1 Å². The van der Waals surface area contributed by atoms with Gasteiger partial charge in [-0.1, -0.05) is 29.8 Å². The van der Waals surface area contributed by atoms with Gasteiger partial charge in [0.25, 0.3) is 5.91 Å². The van der Waals surface area contributed by atoms with Crippen molar-refractivity contribution in [3.8, 4) is 5.75 Å². The Morgan fingerprint density at radius 3 is 2.45 bits per heavy atom. The van der Waals surface area contributed by atoms with Crippen LogP contribution in [0, 0.1) is 0 Å². The van der Waals surface area contributed by atoms with E-state index < -0.39 is 0 Å². The lowest BCUT2D eigenvalue weighted by atomic mass is 10.2. The molecule has 29 heavy (non-hydrogen) atoms. The van der Waals surface area contributed by atoms with Crippen LogP contribution in [0.15, 0.2) is 72.8 Å². The molecule has 152 valence electrons. The van der Waals surface area contributed by atoms with Gasteiger partial charge >= 0.3 is 0 Å². The molecule has 0 bridgehead atoms. The summed E-state index contributed by atoms with van der Waals surface area (Å²) in [5, 5.41) is 13.1. The minimum Gasteiger partial charge on any atom is -0.507 e. The molecule has 0 spiro atoms. The summed E-state index contributed by atoms with van der Waals surface area (Å²) in [6, 6.07) is 20.8. The number of amides is 1. The lowest BCUT2D eigenvalue weighted by Gasteiger charge is -2.17. The highest BCUT2D eigenvalue weighted by molar-refractivity contribution is 7.96. The van der Waals surface area contributed by atoms with Gasteiger partial charge in [0.05, 0.1) is 11.3 Å². The number of hydrogen-bond donors (Lipinski definition) is 3. The second kappa shape index (κ2) is 10.9. The maximum Gasteiger partial charge on any atom is 0.259 e. The van der Waals surface area contributed by atoms with Gasteiger partial charge < -0.3 is 10.4 Å². The summed E-state index contributed by atoms with van der Waals surface area (Å²) in [6.07, 6.45) is 0. The maximum atomic E-state index is 12.2. The molecule has 3 aromatic rings. The number of hydrogen-bond acceptors (Lipinski definition) is 6. The van der Waals surface area contributed by atoms with Crippen LogP contribution in [0.4, 0.5) is 17.1 Å². The van der Waals surface area contributed by atoms with E-state index >= 15 is 0 Å². The van der Waals surface area contributed by atoms with Gasteiger partial charge in [-0.3, -0.25) is 14.6 Å². The standard InChI is InChI=1S/C20H18ClN3O3S.H2S/c1-24(28-27-23-16-6-4-5-14(21)13-16)17-11-9-15(10-12-17)22-20(26)18-7-2-3-8-19(18)25;/h2-13,23,25H,1H3,(H,22,26);1H2. The van der Waals surface area contributed by atoms with E-state index in [4.69, 9.17) is 15.9 Å². The van der Waals surface area contributed by atoms with E-state index in [1.165, 1.54) is 6.07 Å². The van der Waals surface area contributed by atoms with Crippen LogP contribution in [0.2, 0.25) is 5.02 Å². The number of aromatic hydroxyl groups is 1. The van der Waals surface area contributed by atoms with Gasteiger partial charge in [0.1, 0.15) is 18.0 Å². The highest BCUT2D eigenvalue weighted by atomic mass is 35.5. The lowest BCUT2D eigenvalue weighted by molar-refractivity contribution is 0.102. The molecule has 1 amide bonds. The number of benzene rings is 3. The van der Waals surface area contributed by atoms with Gasteiger partial charge in [0.15, 0.2) is 0 Å². The SMILES string of the molecule is CN(SONc1cccc(Cl)c1)c1ccc(NC(=O)c2ccccc2O)cc1.S. The molecule has 0 saturated carbocycles. The van der Waals surface area contributed by atoms with Crippen LogP contribution >= 0.6 is 37.3 Å². The third-order valence-electron chi connectivity index (χ3n) is 3.77. The predicted molar refractivity (Wildman–Crippen MR) is 125 cm³/mol. The molecule has 9 heteroatoms. The van der Waals surface area contributed by atoms with Crippen LogP contribution in [-0.4, -0.2) is 18.1 Å². The molecule has 3 rings (SSSR count). The number of para-hydroxylation sites is 1. The summed E-state index contributed by atoms with van der Waals surface area (Å²) in [5.41, 5.74) is 5.26. The second-order valence-corrected chi connectivity index (χ2v) is 7.09. The first kappa shape index (κ1) is 22.8. The number of phenols is 1. The Morgan fingerprint density at radius 1 is 1.03 bits per heavy atom. The fraction of sp³-hybridized carbons (Fsp3) is 0.0500. The maximum absolute atomic E-state index is 12.2. The Kier molecular flexibility index (Phi) is 8.53. The first-order chi connectivity index (χ1) is 13.5. The van der Waals surface area contributed by atoms with E-state index in [9.17, 15) is 9.90 Å². The number of nitrogens with zero attached hydrogens (tertiary/aromatic N) is 1. The van der Waals surface area contributed by atoms with E-state index in [0.717, 1.165) is 23.6 Å². The molecule has 0 heterocycles. The van der Waals surface area contributed by atoms with E-state index in [-0.39, 0.29) is 30.7 Å². The van der Waals surface area contributed by atoms with Gasteiger partial charge in [-0.2, -0.15) is 17.8 Å². The van der Waals surface area contributed by atoms with Gasteiger partial charge in [-0.25, -0.2) is 0 Å². The smallest absolute Gasteiger partial charge is 0.259 e. The van der Waals surface area contributed by atoms with Crippen molar-refractivity contribution in [1.82, 2.24) is 0 Å². The number of anilines is 3. The molecule has 6 nitrogen and oxygen atoms in total.